The predicted molar refractivity (Wildman–Crippen MR) is 169 cm³/mol. The van der Waals surface area contributed by atoms with E-state index in [4.69, 9.17) is 9.16 Å². The van der Waals surface area contributed by atoms with Gasteiger partial charge in [-0.05, 0) is 106 Å². The van der Waals surface area contributed by atoms with Crippen LogP contribution in [0.1, 0.15) is 83.5 Å². The van der Waals surface area contributed by atoms with Crippen molar-refractivity contribution in [3.63, 3.8) is 0 Å². The number of benzene rings is 2. The molecule has 0 N–H and O–H groups in total. The molecule has 218 valence electrons. The maximum Gasteiger partial charge on any atom is 0.414 e. The summed E-state index contributed by atoms with van der Waals surface area (Å²) in [5.41, 5.74) is 6.61. The van der Waals surface area contributed by atoms with Gasteiger partial charge >= 0.3 is 6.09 Å². The molecular weight excluding hydrogens is 526 g/mol. The fraction of sp³-hybridized carbons (Fsp3) is 0.529. The van der Waals surface area contributed by atoms with E-state index >= 15 is 0 Å². The normalized spacial score (nSPS) is 19.5. The van der Waals surface area contributed by atoms with Crippen molar-refractivity contribution in [1.82, 2.24) is 4.57 Å². The number of aryl methyl sites for hydroxylation is 1. The molecule has 2 atom stereocenters. The maximum atomic E-state index is 13.0. The van der Waals surface area contributed by atoms with Gasteiger partial charge in [-0.3, -0.25) is 4.90 Å². The second-order valence-corrected chi connectivity index (χ2v) is 19.2. The Morgan fingerprint density at radius 3 is 2.46 bits per heavy atom. The van der Waals surface area contributed by atoms with E-state index in [9.17, 15) is 10.1 Å². The zero-order valence-electron chi connectivity index (χ0n) is 26.2. The lowest BCUT2D eigenvalue weighted by Crippen LogP contribution is -2.43. The molecule has 1 aliphatic carbocycles. The van der Waals surface area contributed by atoms with Crippen molar-refractivity contribution in [2.45, 2.75) is 110 Å². The summed E-state index contributed by atoms with van der Waals surface area (Å²) in [5.74, 6) is 0. The van der Waals surface area contributed by atoms with E-state index in [1.54, 1.807) is 4.90 Å². The summed E-state index contributed by atoms with van der Waals surface area (Å²) in [6.07, 6.45) is 6.14. The second-order valence-electron chi connectivity index (χ2n) is 14.4. The zero-order chi connectivity index (χ0) is 29.9. The van der Waals surface area contributed by atoms with Crippen LogP contribution in [0.25, 0.3) is 22.0 Å². The first-order chi connectivity index (χ1) is 19.1. The Morgan fingerprint density at radius 1 is 1.07 bits per heavy atom. The van der Waals surface area contributed by atoms with Gasteiger partial charge in [0.05, 0.1) is 17.3 Å². The van der Waals surface area contributed by atoms with Gasteiger partial charge in [0.15, 0.2) is 8.32 Å². The van der Waals surface area contributed by atoms with Gasteiger partial charge in [0.2, 0.25) is 0 Å². The van der Waals surface area contributed by atoms with Crippen LogP contribution in [0.2, 0.25) is 18.1 Å². The Bertz CT molecular complexity index is 1530. The third kappa shape index (κ3) is 5.57. The van der Waals surface area contributed by atoms with Gasteiger partial charge in [0, 0.05) is 41.4 Å². The van der Waals surface area contributed by atoms with Crippen LogP contribution in [-0.4, -0.2) is 37.2 Å². The molecule has 1 unspecified atom stereocenters. The van der Waals surface area contributed by atoms with Gasteiger partial charge in [-0.1, -0.05) is 32.9 Å². The number of fused-ring (bicyclic) bond motifs is 2. The molecule has 2 aliphatic rings. The number of nitrogens with zero attached hydrogens (tertiary/aromatic N) is 3. The molecular formula is C34H45N3O3Si. The van der Waals surface area contributed by atoms with E-state index in [0.717, 1.165) is 64.5 Å². The average Bonchev–Trinajstić information content (AvgIpc) is 3.58. The quantitative estimate of drug-likeness (QED) is 0.293. The Kier molecular flexibility index (Phi) is 7.41. The molecule has 1 amide bonds. The number of hydrogen-bond donors (Lipinski definition) is 0. The highest BCUT2D eigenvalue weighted by Crippen LogP contribution is 2.45. The first kappa shape index (κ1) is 29.4. The number of carbonyl (C=O) groups excluding carboxylic acids is 1. The third-order valence-electron chi connectivity index (χ3n) is 9.25. The second kappa shape index (κ2) is 10.3. The summed E-state index contributed by atoms with van der Waals surface area (Å²) in [5, 5.41) is 11.2. The van der Waals surface area contributed by atoms with Gasteiger partial charge in [0.25, 0.3) is 0 Å². The molecule has 7 heteroatoms. The lowest BCUT2D eigenvalue weighted by molar-refractivity contribution is 0.0584. The van der Waals surface area contributed by atoms with Crippen LogP contribution < -0.4 is 4.90 Å². The predicted octanol–water partition coefficient (Wildman–Crippen LogP) is 8.90. The summed E-state index contributed by atoms with van der Waals surface area (Å²) in [7, 11) is -1.85. The Morgan fingerprint density at radius 2 is 1.80 bits per heavy atom. The van der Waals surface area contributed by atoms with Crippen molar-refractivity contribution >= 4 is 31.0 Å². The lowest BCUT2D eigenvalue weighted by atomic mass is 9.96. The Hall–Kier alpha value is -3.08. The molecule has 1 aliphatic heterocycles. The van der Waals surface area contributed by atoms with E-state index in [1.807, 2.05) is 39.8 Å². The van der Waals surface area contributed by atoms with Crippen LogP contribution >= 0.6 is 0 Å². The zero-order valence-corrected chi connectivity index (χ0v) is 27.2. The topological polar surface area (TPSA) is 67.5 Å². The average molecular weight is 572 g/mol. The van der Waals surface area contributed by atoms with Crippen molar-refractivity contribution < 1.29 is 14.0 Å². The minimum absolute atomic E-state index is 0.185. The Labute approximate surface area is 246 Å². The van der Waals surface area contributed by atoms with Crippen molar-refractivity contribution in [1.29, 1.82) is 5.26 Å². The summed E-state index contributed by atoms with van der Waals surface area (Å²) >= 11 is 0. The summed E-state index contributed by atoms with van der Waals surface area (Å²) < 4.78 is 15.0. The number of amides is 1. The van der Waals surface area contributed by atoms with Crippen LogP contribution in [0.5, 0.6) is 0 Å². The number of anilines is 1. The van der Waals surface area contributed by atoms with Gasteiger partial charge in [-0.15, -0.1) is 0 Å². The molecule has 6 nitrogen and oxygen atoms in total. The third-order valence-corrected chi connectivity index (χ3v) is 13.8. The highest BCUT2D eigenvalue weighted by Gasteiger charge is 2.41. The highest BCUT2D eigenvalue weighted by molar-refractivity contribution is 6.74. The minimum Gasteiger partial charge on any atom is -0.443 e. The van der Waals surface area contributed by atoms with Gasteiger partial charge < -0.3 is 13.7 Å². The molecule has 2 heterocycles. The smallest absolute Gasteiger partial charge is 0.414 e. The van der Waals surface area contributed by atoms with Crippen molar-refractivity contribution in [2.75, 3.05) is 11.4 Å². The fourth-order valence-corrected chi connectivity index (χ4v) is 7.50. The molecule has 0 bridgehead atoms. The minimum atomic E-state index is -1.85. The van der Waals surface area contributed by atoms with E-state index in [-0.39, 0.29) is 17.2 Å². The molecule has 3 aromatic rings. The van der Waals surface area contributed by atoms with E-state index in [0.29, 0.717) is 18.2 Å². The van der Waals surface area contributed by atoms with Crippen LogP contribution in [0.15, 0.2) is 36.5 Å². The van der Waals surface area contributed by atoms with Crippen LogP contribution in [-0.2, 0) is 15.6 Å². The molecule has 0 saturated heterocycles. The van der Waals surface area contributed by atoms with Crippen LogP contribution in [0.3, 0.4) is 0 Å². The summed E-state index contributed by atoms with van der Waals surface area (Å²) in [4.78, 5) is 14.8. The molecule has 1 saturated carbocycles. The van der Waals surface area contributed by atoms with E-state index in [2.05, 4.69) is 68.9 Å². The van der Waals surface area contributed by atoms with Crippen LogP contribution in [0, 0.1) is 18.3 Å². The molecule has 0 radical (unpaired) electrons. The van der Waals surface area contributed by atoms with Gasteiger partial charge in [0.1, 0.15) is 5.60 Å². The number of rotatable bonds is 4. The SMILES string of the molecule is Cc1cc2c(cc1C#N)c(-c1cccc3c1CCN3C(=O)OC(C)(C)C)cn2[C@@H]1CCC(O[Si](C)(C)C(C)(C)C)C1. The number of aromatic nitrogens is 1. The van der Waals surface area contributed by atoms with Gasteiger partial charge in [-0.25, -0.2) is 4.79 Å². The summed E-state index contributed by atoms with van der Waals surface area (Å²) in [6.45, 7) is 19.9. The molecule has 0 spiro atoms. The van der Waals surface area contributed by atoms with Gasteiger partial charge in [-0.2, -0.15) is 5.26 Å². The number of hydrogen-bond acceptors (Lipinski definition) is 4. The number of nitriles is 1. The van der Waals surface area contributed by atoms with E-state index < -0.39 is 13.9 Å². The van der Waals surface area contributed by atoms with Crippen molar-refractivity contribution in [3.8, 4) is 17.2 Å². The van der Waals surface area contributed by atoms with Crippen molar-refractivity contribution in [3.05, 3.63) is 53.2 Å². The van der Waals surface area contributed by atoms with Crippen molar-refractivity contribution in [2.24, 2.45) is 0 Å². The summed E-state index contributed by atoms with van der Waals surface area (Å²) in [6, 6.07) is 13.1. The maximum absolute atomic E-state index is 13.0. The Balaban J connectivity index is 1.55. The molecule has 1 aromatic heterocycles. The molecule has 41 heavy (non-hydrogen) atoms. The standard InChI is InChI=1S/C34H45N3O3Si/c1-22-17-31-28(18-23(22)20-35)29(21-37(31)24-13-14-25(19-24)40-41(8,9)34(5,6)7)26-11-10-12-30-27(26)15-16-36(30)32(38)39-33(2,3)4/h10-12,17-18,21,24-25H,13-16,19H2,1-9H3/t24-,25?/m1/s1. The largest absolute Gasteiger partial charge is 0.443 e. The van der Waals surface area contributed by atoms with E-state index in [1.165, 1.54) is 0 Å². The first-order valence-corrected chi connectivity index (χ1v) is 17.9. The molecule has 5 rings (SSSR count). The number of carbonyl (C=O) groups is 1. The monoisotopic (exact) mass is 571 g/mol. The molecule has 2 aromatic carbocycles. The van der Waals surface area contributed by atoms with Crippen LogP contribution in [0.4, 0.5) is 10.5 Å². The molecule has 1 fully saturated rings. The highest BCUT2D eigenvalue weighted by atomic mass is 28.4. The first-order valence-electron chi connectivity index (χ1n) is 15.0. The lowest BCUT2D eigenvalue weighted by Gasteiger charge is -2.38. The number of ether oxygens (including phenoxy) is 1. The fourth-order valence-electron chi connectivity index (χ4n) is 6.10.